The van der Waals surface area contributed by atoms with Crippen LogP contribution in [0.5, 0.6) is 0 Å². The summed E-state index contributed by atoms with van der Waals surface area (Å²) < 4.78 is 0. The third-order valence-corrected chi connectivity index (χ3v) is 4.54. The Kier molecular flexibility index (Phi) is 2.04. The molecule has 3 aliphatic rings. The Labute approximate surface area is 90.4 Å². The van der Waals surface area contributed by atoms with Gasteiger partial charge in [-0.25, -0.2) is 0 Å². The molecule has 4 heteroatoms. The minimum atomic E-state index is -0.104. The Balaban J connectivity index is 1.57. The van der Waals surface area contributed by atoms with Crippen LogP contribution in [0.1, 0.15) is 19.3 Å². The Bertz CT molecular complexity index is 286. The highest BCUT2D eigenvalue weighted by Gasteiger charge is 2.47. The van der Waals surface area contributed by atoms with E-state index in [-0.39, 0.29) is 11.8 Å². The molecule has 84 valence electrons. The van der Waals surface area contributed by atoms with Crippen molar-refractivity contribution in [2.24, 2.45) is 11.7 Å². The second-order valence-electron chi connectivity index (χ2n) is 5.40. The summed E-state index contributed by atoms with van der Waals surface area (Å²) in [5.74, 6) is 0.0552. The first-order valence-electron chi connectivity index (χ1n) is 5.90. The van der Waals surface area contributed by atoms with Gasteiger partial charge in [0.15, 0.2) is 0 Å². The van der Waals surface area contributed by atoms with Crippen molar-refractivity contribution >= 4 is 5.91 Å². The number of nitrogens with zero attached hydrogens (tertiary/aromatic N) is 2. The van der Waals surface area contributed by atoms with Crippen LogP contribution in [-0.2, 0) is 4.79 Å². The maximum atomic E-state index is 10.9. The lowest BCUT2D eigenvalue weighted by atomic mass is 9.78. The number of hydrogen-bond donors (Lipinski definition) is 1. The molecule has 2 saturated heterocycles. The number of primary amides is 1. The number of amides is 1. The number of piperazine rings is 1. The highest BCUT2D eigenvalue weighted by molar-refractivity contribution is 5.77. The summed E-state index contributed by atoms with van der Waals surface area (Å²) in [6, 6.07) is 2.16. The molecule has 1 aliphatic carbocycles. The van der Waals surface area contributed by atoms with Crippen molar-refractivity contribution in [1.82, 2.24) is 9.80 Å². The summed E-state index contributed by atoms with van der Waals surface area (Å²) in [6.45, 7) is 2.42. The van der Waals surface area contributed by atoms with E-state index in [0.29, 0.717) is 6.04 Å². The largest absolute Gasteiger partial charge is 0.369 e. The van der Waals surface area contributed by atoms with E-state index in [9.17, 15) is 4.79 Å². The first-order valence-corrected chi connectivity index (χ1v) is 5.90. The van der Waals surface area contributed by atoms with Crippen LogP contribution in [-0.4, -0.2) is 54.0 Å². The summed E-state index contributed by atoms with van der Waals surface area (Å²) in [4.78, 5) is 16.0. The fourth-order valence-corrected chi connectivity index (χ4v) is 3.43. The van der Waals surface area contributed by atoms with Crippen LogP contribution in [0.4, 0.5) is 0 Å². The quantitative estimate of drug-likeness (QED) is 0.675. The van der Waals surface area contributed by atoms with Gasteiger partial charge in [-0.15, -0.1) is 0 Å². The van der Waals surface area contributed by atoms with E-state index < -0.39 is 0 Å². The Hall–Kier alpha value is -0.610. The molecule has 4 nitrogen and oxygen atoms in total. The van der Waals surface area contributed by atoms with Crippen LogP contribution in [0.2, 0.25) is 0 Å². The SMILES string of the molecule is CN1C[C@@H]2C[C@H]1CN2C1CC(C(N)=O)C1. The van der Waals surface area contributed by atoms with Gasteiger partial charge in [-0.1, -0.05) is 0 Å². The molecular formula is C11H19N3O. The number of likely N-dealkylation sites (tertiary alicyclic amines) is 2. The van der Waals surface area contributed by atoms with Crippen LogP contribution >= 0.6 is 0 Å². The molecule has 0 unspecified atom stereocenters. The molecule has 1 amide bonds. The fourth-order valence-electron chi connectivity index (χ4n) is 3.43. The minimum absolute atomic E-state index is 0.104. The highest BCUT2D eigenvalue weighted by atomic mass is 16.1. The van der Waals surface area contributed by atoms with Crippen molar-refractivity contribution in [1.29, 1.82) is 0 Å². The number of carbonyl (C=O) groups is 1. The molecule has 1 saturated carbocycles. The Morgan fingerprint density at radius 2 is 1.87 bits per heavy atom. The van der Waals surface area contributed by atoms with Gasteiger partial charge in [-0.3, -0.25) is 9.69 Å². The number of fused-ring (bicyclic) bond motifs is 2. The zero-order valence-electron chi connectivity index (χ0n) is 9.22. The van der Waals surface area contributed by atoms with Gasteiger partial charge in [-0.05, 0) is 26.3 Å². The molecule has 15 heavy (non-hydrogen) atoms. The standard InChI is InChI=1S/C11H19N3O/c1-13-5-10-4-9(13)6-14(10)8-2-7(3-8)11(12)15/h7-10H,2-6H2,1H3,(H2,12,15)/t7?,8?,9-,10-/m0/s1. The predicted molar refractivity (Wildman–Crippen MR) is 57.2 cm³/mol. The summed E-state index contributed by atoms with van der Waals surface area (Å²) in [6.07, 6.45) is 3.33. The molecule has 3 fully saturated rings. The second-order valence-corrected chi connectivity index (χ2v) is 5.40. The van der Waals surface area contributed by atoms with Gasteiger partial charge in [-0.2, -0.15) is 0 Å². The molecule has 0 radical (unpaired) electrons. The lowest BCUT2D eigenvalue weighted by Gasteiger charge is -2.45. The van der Waals surface area contributed by atoms with Gasteiger partial charge >= 0.3 is 0 Å². The molecule has 2 heterocycles. The van der Waals surface area contributed by atoms with Crippen molar-refractivity contribution in [2.75, 3.05) is 20.1 Å². The van der Waals surface area contributed by atoms with E-state index in [0.717, 1.165) is 24.9 Å². The van der Waals surface area contributed by atoms with E-state index in [1.165, 1.54) is 19.5 Å². The van der Waals surface area contributed by atoms with E-state index in [2.05, 4.69) is 16.8 Å². The highest BCUT2D eigenvalue weighted by Crippen LogP contribution is 2.39. The van der Waals surface area contributed by atoms with Gasteiger partial charge in [0.2, 0.25) is 5.91 Å². The van der Waals surface area contributed by atoms with E-state index in [4.69, 9.17) is 5.73 Å². The first-order chi connectivity index (χ1) is 7.15. The van der Waals surface area contributed by atoms with Crippen molar-refractivity contribution < 1.29 is 4.79 Å². The van der Waals surface area contributed by atoms with Crippen LogP contribution in [0, 0.1) is 5.92 Å². The fraction of sp³-hybridized carbons (Fsp3) is 0.909. The molecule has 2 atom stereocenters. The van der Waals surface area contributed by atoms with E-state index in [1.54, 1.807) is 0 Å². The topological polar surface area (TPSA) is 49.6 Å². The van der Waals surface area contributed by atoms with E-state index >= 15 is 0 Å². The van der Waals surface area contributed by atoms with Gasteiger partial charge in [0.05, 0.1) is 0 Å². The van der Waals surface area contributed by atoms with E-state index in [1.807, 2.05) is 0 Å². The van der Waals surface area contributed by atoms with Crippen molar-refractivity contribution in [3.8, 4) is 0 Å². The monoisotopic (exact) mass is 209 g/mol. The third kappa shape index (κ3) is 1.39. The summed E-state index contributed by atoms with van der Waals surface area (Å²) in [7, 11) is 2.22. The molecular weight excluding hydrogens is 190 g/mol. The first kappa shape index (κ1) is 9.60. The van der Waals surface area contributed by atoms with Gasteiger partial charge < -0.3 is 10.6 Å². The summed E-state index contributed by atoms with van der Waals surface area (Å²) in [5, 5.41) is 0. The molecule has 0 aromatic heterocycles. The lowest BCUT2D eigenvalue weighted by molar-refractivity contribution is -0.126. The van der Waals surface area contributed by atoms with Gasteiger partial charge in [0.1, 0.15) is 0 Å². The number of hydrogen-bond acceptors (Lipinski definition) is 3. The van der Waals surface area contributed by atoms with Gasteiger partial charge in [0.25, 0.3) is 0 Å². The van der Waals surface area contributed by atoms with Crippen LogP contribution in [0.3, 0.4) is 0 Å². The molecule has 2 bridgehead atoms. The number of rotatable bonds is 2. The normalized spacial score (nSPS) is 45.7. The number of nitrogens with two attached hydrogens (primary N) is 1. The van der Waals surface area contributed by atoms with Crippen molar-refractivity contribution in [3.63, 3.8) is 0 Å². The number of carbonyl (C=O) groups excluding carboxylic acids is 1. The summed E-state index contributed by atoms with van der Waals surface area (Å²) >= 11 is 0. The molecule has 2 aliphatic heterocycles. The lowest BCUT2D eigenvalue weighted by Crippen LogP contribution is -2.55. The van der Waals surface area contributed by atoms with Gasteiger partial charge in [0, 0.05) is 37.1 Å². The van der Waals surface area contributed by atoms with Crippen molar-refractivity contribution in [3.05, 3.63) is 0 Å². The zero-order valence-corrected chi connectivity index (χ0v) is 9.22. The molecule has 0 aromatic carbocycles. The molecule has 0 spiro atoms. The second kappa shape index (κ2) is 3.19. The molecule has 2 N–H and O–H groups in total. The van der Waals surface area contributed by atoms with Crippen LogP contribution in [0.15, 0.2) is 0 Å². The van der Waals surface area contributed by atoms with Crippen molar-refractivity contribution in [2.45, 2.75) is 37.4 Å². The van der Waals surface area contributed by atoms with Crippen LogP contribution in [0.25, 0.3) is 0 Å². The molecule has 3 rings (SSSR count). The minimum Gasteiger partial charge on any atom is -0.369 e. The maximum Gasteiger partial charge on any atom is 0.220 e. The van der Waals surface area contributed by atoms with Crippen LogP contribution < -0.4 is 5.73 Å². The Morgan fingerprint density at radius 3 is 2.33 bits per heavy atom. The molecule has 0 aromatic rings. The maximum absolute atomic E-state index is 10.9. The summed E-state index contributed by atoms with van der Waals surface area (Å²) in [5.41, 5.74) is 5.29. The average Bonchev–Trinajstić information content (AvgIpc) is 2.59. The average molecular weight is 209 g/mol. The Morgan fingerprint density at radius 1 is 1.13 bits per heavy atom. The zero-order chi connectivity index (χ0) is 10.6. The smallest absolute Gasteiger partial charge is 0.220 e. The number of likely N-dealkylation sites (N-methyl/N-ethyl adjacent to an activating group) is 1. The third-order valence-electron chi connectivity index (χ3n) is 4.54. The predicted octanol–water partition coefficient (Wildman–Crippen LogP) is -0.361.